The smallest absolute Gasteiger partial charge is 0.408 e. The van der Waals surface area contributed by atoms with Crippen LogP contribution in [0.25, 0.3) is 0 Å². The molecule has 0 saturated heterocycles. The maximum Gasteiger partial charge on any atom is 0.408 e. The summed E-state index contributed by atoms with van der Waals surface area (Å²) in [5, 5.41) is 13.6. The van der Waals surface area contributed by atoms with Crippen molar-refractivity contribution in [1.82, 2.24) is 5.32 Å². The molecular weight excluding hydrogens is 282 g/mol. The summed E-state index contributed by atoms with van der Waals surface area (Å²) in [7, 11) is 1.60. The van der Waals surface area contributed by atoms with Crippen molar-refractivity contribution in [1.29, 1.82) is 0 Å². The van der Waals surface area contributed by atoms with Crippen LogP contribution in [0.1, 0.15) is 45.3 Å². The van der Waals surface area contributed by atoms with Crippen LogP contribution in [0.15, 0.2) is 24.3 Å². The summed E-state index contributed by atoms with van der Waals surface area (Å²) < 4.78 is 10.5. The van der Waals surface area contributed by atoms with Gasteiger partial charge in [-0.3, -0.25) is 0 Å². The van der Waals surface area contributed by atoms with E-state index in [9.17, 15) is 9.90 Å². The van der Waals surface area contributed by atoms with Crippen molar-refractivity contribution >= 4 is 6.09 Å². The van der Waals surface area contributed by atoms with E-state index in [0.717, 1.165) is 24.2 Å². The Morgan fingerprint density at radius 2 is 2.05 bits per heavy atom. The number of ether oxygens (including phenoxy) is 2. The quantitative estimate of drug-likeness (QED) is 0.897. The number of carbonyl (C=O) groups excluding carboxylic acids is 1. The van der Waals surface area contributed by atoms with Crippen LogP contribution in [0.2, 0.25) is 0 Å². The Morgan fingerprint density at radius 3 is 2.64 bits per heavy atom. The standard InChI is InChI=1S/C17H23NO4/c1-15(2,3)22-14(20)18-17-9-16(17,10-17)13(19)11-6-5-7-12(8-11)21-4/h5-8,13,19H,9-10H2,1-4H3,(H,18,20). The highest BCUT2D eigenvalue weighted by Crippen LogP contribution is 2.83. The zero-order chi connectivity index (χ0) is 16.2. The SMILES string of the molecule is COc1cccc(C(O)C23CC2(NC(=O)OC(C)(C)C)C3)c1. The molecule has 1 aromatic carbocycles. The molecule has 0 bridgehead atoms. The van der Waals surface area contributed by atoms with Crippen LogP contribution in [0, 0.1) is 5.41 Å². The second-order valence-corrected chi connectivity index (χ2v) is 7.40. The molecule has 2 saturated carbocycles. The number of benzene rings is 1. The first kappa shape index (κ1) is 15.2. The third kappa shape index (κ3) is 2.43. The molecular formula is C17H23NO4. The summed E-state index contributed by atoms with van der Waals surface area (Å²) in [4.78, 5) is 11.9. The fourth-order valence-corrected chi connectivity index (χ4v) is 3.23. The molecule has 0 radical (unpaired) electrons. The van der Waals surface area contributed by atoms with Crippen molar-refractivity contribution in [2.75, 3.05) is 7.11 Å². The molecule has 1 aromatic rings. The Bertz CT molecular complexity index is 599. The lowest BCUT2D eigenvalue weighted by Gasteiger charge is -2.20. The van der Waals surface area contributed by atoms with Gasteiger partial charge in [0.25, 0.3) is 0 Å². The molecule has 2 N–H and O–H groups in total. The predicted octanol–water partition coefficient (Wildman–Crippen LogP) is 2.79. The van der Waals surface area contributed by atoms with Gasteiger partial charge in [-0.1, -0.05) is 12.1 Å². The monoisotopic (exact) mass is 305 g/mol. The van der Waals surface area contributed by atoms with Crippen LogP contribution >= 0.6 is 0 Å². The highest BCUT2D eigenvalue weighted by Gasteiger charge is 2.87. The minimum atomic E-state index is -0.600. The van der Waals surface area contributed by atoms with Crippen LogP contribution in [-0.2, 0) is 4.74 Å². The number of hydrogen-bond acceptors (Lipinski definition) is 4. The predicted molar refractivity (Wildman–Crippen MR) is 81.7 cm³/mol. The minimum absolute atomic E-state index is 0.240. The maximum atomic E-state index is 11.9. The summed E-state index contributed by atoms with van der Waals surface area (Å²) in [6, 6.07) is 7.44. The fourth-order valence-electron chi connectivity index (χ4n) is 3.23. The fraction of sp³-hybridized carbons (Fsp3) is 0.588. The van der Waals surface area contributed by atoms with E-state index in [0.29, 0.717) is 0 Å². The highest BCUT2D eigenvalue weighted by molar-refractivity contribution is 5.72. The van der Waals surface area contributed by atoms with E-state index in [-0.39, 0.29) is 11.0 Å². The largest absolute Gasteiger partial charge is 0.497 e. The number of alkyl carbamates (subject to hydrolysis) is 1. The average Bonchev–Trinajstić information content (AvgIpc) is 3.22. The summed E-state index contributed by atoms with van der Waals surface area (Å²) in [5.41, 5.74) is -0.225. The molecule has 1 atom stereocenters. The normalized spacial score (nSPS) is 30.0. The Kier molecular flexibility index (Phi) is 3.18. The number of carbonyl (C=O) groups is 1. The third-order valence-corrected chi connectivity index (χ3v) is 4.61. The Hall–Kier alpha value is -1.75. The van der Waals surface area contributed by atoms with Gasteiger partial charge in [0.15, 0.2) is 0 Å². The lowest BCUT2D eigenvalue weighted by atomic mass is 9.99. The van der Waals surface area contributed by atoms with E-state index in [1.54, 1.807) is 7.11 Å². The van der Waals surface area contributed by atoms with Gasteiger partial charge >= 0.3 is 6.09 Å². The molecule has 2 fully saturated rings. The molecule has 3 rings (SSSR count). The highest BCUT2D eigenvalue weighted by atomic mass is 16.6. The Morgan fingerprint density at radius 1 is 1.36 bits per heavy atom. The number of aliphatic hydroxyl groups excluding tert-OH is 1. The molecule has 5 nitrogen and oxygen atoms in total. The maximum absolute atomic E-state index is 11.9. The van der Waals surface area contributed by atoms with Gasteiger partial charge in [-0.05, 0) is 51.3 Å². The molecule has 0 spiro atoms. The third-order valence-electron chi connectivity index (χ3n) is 4.61. The van der Waals surface area contributed by atoms with Crippen LogP contribution in [-0.4, -0.2) is 29.4 Å². The van der Waals surface area contributed by atoms with Gasteiger partial charge in [-0.25, -0.2) is 4.79 Å². The molecule has 5 heteroatoms. The second kappa shape index (κ2) is 4.62. The number of fused-ring (bicyclic) bond motifs is 1. The number of rotatable bonds is 4. The van der Waals surface area contributed by atoms with E-state index >= 15 is 0 Å². The first-order valence-electron chi connectivity index (χ1n) is 7.55. The lowest BCUT2D eigenvalue weighted by molar-refractivity contribution is 0.0508. The summed E-state index contributed by atoms with van der Waals surface area (Å²) in [6.45, 7) is 5.51. The molecule has 0 heterocycles. The van der Waals surface area contributed by atoms with Gasteiger partial charge in [0.05, 0.1) is 18.8 Å². The van der Waals surface area contributed by atoms with Gasteiger partial charge in [-0.2, -0.15) is 0 Å². The lowest BCUT2D eigenvalue weighted by Crippen LogP contribution is -2.36. The van der Waals surface area contributed by atoms with E-state index in [1.165, 1.54) is 0 Å². The van der Waals surface area contributed by atoms with Crippen LogP contribution in [0.3, 0.4) is 0 Å². The Balaban J connectivity index is 1.65. The zero-order valence-corrected chi connectivity index (χ0v) is 13.5. The van der Waals surface area contributed by atoms with Crippen molar-refractivity contribution < 1.29 is 19.4 Å². The first-order valence-corrected chi connectivity index (χ1v) is 7.55. The molecule has 120 valence electrons. The van der Waals surface area contributed by atoms with Gasteiger partial charge in [0, 0.05) is 5.41 Å². The first-order chi connectivity index (χ1) is 10.2. The molecule has 2 aliphatic carbocycles. The number of methoxy groups -OCH3 is 1. The van der Waals surface area contributed by atoms with Crippen molar-refractivity contribution in [3.63, 3.8) is 0 Å². The summed E-state index contributed by atoms with van der Waals surface area (Å²) >= 11 is 0. The minimum Gasteiger partial charge on any atom is -0.497 e. The van der Waals surface area contributed by atoms with Gasteiger partial charge in [-0.15, -0.1) is 0 Å². The van der Waals surface area contributed by atoms with Gasteiger partial charge in [0.2, 0.25) is 0 Å². The molecule has 0 aromatic heterocycles. The zero-order valence-electron chi connectivity index (χ0n) is 13.5. The molecule has 1 amide bonds. The van der Waals surface area contributed by atoms with Gasteiger partial charge in [0.1, 0.15) is 11.4 Å². The van der Waals surface area contributed by atoms with Crippen molar-refractivity contribution in [2.24, 2.45) is 5.41 Å². The molecule has 1 unspecified atom stereocenters. The van der Waals surface area contributed by atoms with Crippen LogP contribution in [0.5, 0.6) is 5.75 Å². The van der Waals surface area contributed by atoms with E-state index < -0.39 is 17.8 Å². The van der Waals surface area contributed by atoms with Crippen molar-refractivity contribution in [3.8, 4) is 5.75 Å². The Labute approximate surface area is 130 Å². The molecule has 0 aliphatic heterocycles. The topological polar surface area (TPSA) is 67.8 Å². The number of hydrogen-bond donors (Lipinski definition) is 2. The van der Waals surface area contributed by atoms with E-state index in [4.69, 9.17) is 9.47 Å². The van der Waals surface area contributed by atoms with Crippen molar-refractivity contribution in [2.45, 2.75) is 50.9 Å². The van der Waals surface area contributed by atoms with Crippen molar-refractivity contribution in [3.05, 3.63) is 29.8 Å². The van der Waals surface area contributed by atoms with E-state index in [1.807, 2.05) is 45.0 Å². The number of amides is 1. The summed E-state index contributed by atoms with van der Waals surface area (Å²) in [5.74, 6) is 0.722. The van der Waals surface area contributed by atoms with Crippen LogP contribution < -0.4 is 10.1 Å². The van der Waals surface area contributed by atoms with E-state index in [2.05, 4.69) is 5.32 Å². The number of aliphatic hydroxyl groups is 1. The van der Waals surface area contributed by atoms with Gasteiger partial charge < -0.3 is 19.9 Å². The number of nitrogens with one attached hydrogen (secondary N) is 1. The van der Waals surface area contributed by atoms with Crippen LogP contribution in [0.4, 0.5) is 4.79 Å². The second-order valence-electron chi connectivity index (χ2n) is 7.40. The summed E-state index contributed by atoms with van der Waals surface area (Å²) in [6.07, 6.45) is 0.567. The average molecular weight is 305 g/mol. The molecule has 22 heavy (non-hydrogen) atoms. The molecule has 2 aliphatic rings.